The first kappa shape index (κ1) is 20.6. The number of benzene rings is 2. The molecule has 1 N–H and O–H groups in total. The van der Waals surface area contributed by atoms with Crippen LogP contribution in [0.3, 0.4) is 0 Å². The van der Waals surface area contributed by atoms with Crippen LogP contribution in [0.5, 0.6) is 0 Å². The van der Waals surface area contributed by atoms with Crippen molar-refractivity contribution in [3.8, 4) is 6.07 Å². The minimum absolute atomic E-state index is 0.0316. The molecule has 1 heterocycles. The fourth-order valence-electron chi connectivity index (χ4n) is 2.86. The van der Waals surface area contributed by atoms with Crippen molar-refractivity contribution in [2.45, 2.75) is 43.6 Å². The van der Waals surface area contributed by atoms with E-state index < -0.39 is 5.25 Å². The quantitative estimate of drug-likeness (QED) is 0.485. The molecule has 2 aromatic carbocycles. The van der Waals surface area contributed by atoms with Crippen LogP contribution in [0, 0.1) is 11.3 Å². The van der Waals surface area contributed by atoms with Crippen LogP contribution < -0.4 is 10.9 Å². The van der Waals surface area contributed by atoms with Crippen LogP contribution in [-0.2, 0) is 4.79 Å². The van der Waals surface area contributed by atoms with Crippen molar-refractivity contribution < 1.29 is 4.79 Å². The number of fused-ring (bicyclic) bond motifs is 1. The number of thioether (sulfide) groups is 1. The van der Waals surface area contributed by atoms with Gasteiger partial charge in [0.15, 0.2) is 5.16 Å². The number of nitriles is 1. The number of hydrogen-bond donors (Lipinski definition) is 1. The summed E-state index contributed by atoms with van der Waals surface area (Å²) in [6, 6.07) is 16.0. The number of para-hydroxylation sites is 1. The molecule has 0 aliphatic heterocycles. The molecule has 1 amide bonds. The van der Waals surface area contributed by atoms with E-state index in [1.54, 1.807) is 41.8 Å². The van der Waals surface area contributed by atoms with E-state index in [0.29, 0.717) is 27.3 Å². The van der Waals surface area contributed by atoms with Gasteiger partial charge in [0.2, 0.25) is 5.91 Å². The normalized spacial score (nSPS) is 12.9. The van der Waals surface area contributed by atoms with Gasteiger partial charge in [0.05, 0.1) is 27.8 Å². The largest absolute Gasteiger partial charge is 0.325 e. The van der Waals surface area contributed by atoms with Crippen LogP contribution >= 0.6 is 11.8 Å². The number of nitrogens with one attached hydrogen (secondary N) is 1. The van der Waals surface area contributed by atoms with Gasteiger partial charge < -0.3 is 5.32 Å². The summed E-state index contributed by atoms with van der Waals surface area (Å²) in [6.45, 7) is 5.77. The monoisotopic (exact) mass is 406 g/mol. The SMILES string of the molecule is CC[C@@H](C)n1c(S[C@H](C)C(=O)Nc2ccc(C#N)cc2)nc2ccccc2c1=O. The molecule has 2 atom stereocenters. The van der Waals surface area contributed by atoms with Crippen molar-refractivity contribution >= 4 is 34.3 Å². The number of carbonyl (C=O) groups is 1. The number of amides is 1. The Morgan fingerprint density at radius 2 is 1.90 bits per heavy atom. The van der Waals surface area contributed by atoms with Crippen molar-refractivity contribution in [3.63, 3.8) is 0 Å². The molecule has 0 spiro atoms. The van der Waals surface area contributed by atoms with E-state index in [1.807, 2.05) is 38.1 Å². The first-order chi connectivity index (χ1) is 13.9. The number of hydrogen-bond acceptors (Lipinski definition) is 5. The van der Waals surface area contributed by atoms with Gasteiger partial charge in [-0.2, -0.15) is 5.26 Å². The van der Waals surface area contributed by atoms with Crippen LogP contribution in [0.1, 0.15) is 38.8 Å². The average molecular weight is 407 g/mol. The fourth-order valence-corrected chi connectivity index (χ4v) is 3.87. The molecule has 3 rings (SSSR count). The second kappa shape index (κ2) is 8.93. The standard InChI is InChI=1S/C22H22N4O2S/c1-4-14(2)26-21(28)18-7-5-6-8-19(18)25-22(26)29-15(3)20(27)24-17-11-9-16(13-23)10-12-17/h5-12,14-15H,4H2,1-3H3,(H,24,27)/t14-,15-/m1/s1. The number of nitrogens with zero attached hydrogens (tertiary/aromatic N) is 3. The first-order valence-corrected chi connectivity index (χ1v) is 10.3. The third-order valence-electron chi connectivity index (χ3n) is 4.74. The van der Waals surface area contributed by atoms with E-state index in [-0.39, 0.29) is 17.5 Å². The zero-order valence-electron chi connectivity index (χ0n) is 16.5. The van der Waals surface area contributed by atoms with E-state index in [0.717, 1.165) is 6.42 Å². The molecule has 0 aliphatic rings. The van der Waals surface area contributed by atoms with Crippen molar-refractivity contribution in [2.24, 2.45) is 0 Å². The van der Waals surface area contributed by atoms with Crippen molar-refractivity contribution in [1.82, 2.24) is 9.55 Å². The molecule has 148 valence electrons. The molecule has 0 unspecified atom stereocenters. The zero-order valence-corrected chi connectivity index (χ0v) is 17.4. The van der Waals surface area contributed by atoms with Gasteiger partial charge in [0, 0.05) is 11.7 Å². The molecule has 0 fully saturated rings. The van der Waals surface area contributed by atoms with E-state index >= 15 is 0 Å². The molecular weight excluding hydrogens is 384 g/mol. The lowest BCUT2D eigenvalue weighted by atomic mass is 10.2. The third-order valence-corrected chi connectivity index (χ3v) is 5.81. The number of aromatic nitrogens is 2. The highest BCUT2D eigenvalue weighted by Gasteiger charge is 2.21. The summed E-state index contributed by atoms with van der Waals surface area (Å²) in [5, 5.41) is 12.4. The Morgan fingerprint density at radius 3 is 2.55 bits per heavy atom. The maximum absolute atomic E-state index is 13.0. The van der Waals surface area contributed by atoms with Gasteiger partial charge in [0.1, 0.15) is 0 Å². The molecule has 0 saturated heterocycles. The van der Waals surface area contributed by atoms with Gasteiger partial charge >= 0.3 is 0 Å². The van der Waals surface area contributed by atoms with Gasteiger partial charge in [-0.25, -0.2) is 4.98 Å². The molecule has 29 heavy (non-hydrogen) atoms. The summed E-state index contributed by atoms with van der Waals surface area (Å²) < 4.78 is 1.68. The highest BCUT2D eigenvalue weighted by Crippen LogP contribution is 2.26. The lowest BCUT2D eigenvalue weighted by Gasteiger charge is -2.20. The molecule has 0 bridgehead atoms. The van der Waals surface area contributed by atoms with Gasteiger partial charge in [-0.15, -0.1) is 0 Å². The maximum atomic E-state index is 13.0. The lowest BCUT2D eigenvalue weighted by molar-refractivity contribution is -0.115. The minimum Gasteiger partial charge on any atom is -0.325 e. The molecule has 7 heteroatoms. The van der Waals surface area contributed by atoms with Gasteiger partial charge in [0.25, 0.3) is 5.56 Å². The highest BCUT2D eigenvalue weighted by atomic mass is 32.2. The summed E-state index contributed by atoms with van der Waals surface area (Å²) in [4.78, 5) is 30.4. The van der Waals surface area contributed by atoms with Crippen LogP contribution in [-0.4, -0.2) is 20.7 Å². The Bertz CT molecular complexity index is 1130. The summed E-state index contributed by atoms with van der Waals surface area (Å²) in [6.07, 6.45) is 0.777. The minimum atomic E-state index is -0.464. The molecule has 1 aromatic heterocycles. The molecule has 3 aromatic rings. The van der Waals surface area contributed by atoms with Crippen molar-refractivity contribution in [1.29, 1.82) is 5.26 Å². The number of anilines is 1. The fraction of sp³-hybridized carbons (Fsp3) is 0.273. The van der Waals surface area contributed by atoms with Crippen LogP contribution in [0.2, 0.25) is 0 Å². The summed E-state index contributed by atoms with van der Waals surface area (Å²) in [5.74, 6) is -0.196. The van der Waals surface area contributed by atoms with E-state index in [2.05, 4.69) is 10.3 Å². The van der Waals surface area contributed by atoms with E-state index in [4.69, 9.17) is 5.26 Å². The van der Waals surface area contributed by atoms with Crippen LogP contribution in [0.15, 0.2) is 58.5 Å². The first-order valence-electron chi connectivity index (χ1n) is 9.43. The second-order valence-corrected chi connectivity index (χ2v) is 8.09. The summed E-state index contributed by atoms with van der Waals surface area (Å²) in [5.41, 5.74) is 1.68. The second-order valence-electron chi connectivity index (χ2n) is 6.78. The Kier molecular flexibility index (Phi) is 6.35. The third kappa shape index (κ3) is 4.49. The van der Waals surface area contributed by atoms with Crippen LogP contribution in [0.25, 0.3) is 10.9 Å². The lowest BCUT2D eigenvalue weighted by Crippen LogP contribution is -2.28. The van der Waals surface area contributed by atoms with E-state index in [1.165, 1.54) is 11.8 Å². The Hall–Kier alpha value is -3.11. The predicted octanol–water partition coefficient (Wildman–Crippen LogP) is 4.36. The Morgan fingerprint density at radius 1 is 1.21 bits per heavy atom. The van der Waals surface area contributed by atoms with E-state index in [9.17, 15) is 9.59 Å². The topological polar surface area (TPSA) is 87.8 Å². The maximum Gasteiger partial charge on any atom is 0.262 e. The highest BCUT2D eigenvalue weighted by molar-refractivity contribution is 8.00. The predicted molar refractivity (Wildman–Crippen MR) is 116 cm³/mol. The summed E-state index contributed by atoms with van der Waals surface area (Å²) >= 11 is 1.27. The van der Waals surface area contributed by atoms with Crippen LogP contribution in [0.4, 0.5) is 5.69 Å². The number of carbonyl (C=O) groups excluding carboxylic acids is 1. The Labute approximate surface area is 173 Å². The Balaban J connectivity index is 1.88. The smallest absolute Gasteiger partial charge is 0.262 e. The van der Waals surface area contributed by atoms with Crippen molar-refractivity contribution in [2.75, 3.05) is 5.32 Å². The summed E-state index contributed by atoms with van der Waals surface area (Å²) in [7, 11) is 0. The van der Waals surface area contributed by atoms with Gasteiger partial charge in [-0.05, 0) is 56.7 Å². The molecule has 6 nitrogen and oxygen atoms in total. The zero-order chi connectivity index (χ0) is 21.0. The van der Waals surface area contributed by atoms with Gasteiger partial charge in [-0.1, -0.05) is 30.8 Å². The van der Waals surface area contributed by atoms with Crippen molar-refractivity contribution in [3.05, 3.63) is 64.4 Å². The molecule has 0 saturated carbocycles. The molecular formula is C22H22N4O2S. The van der Waals surface area contributed by atoms with Gasteiger partial charge in [-0.3, -0.25) is 14.2 Å². The number of rotatable bonds is 6. The molecule has 0 radical (unpaired) electrons. The average Bonchev–Trinajstić information content (AvgIpc) is 2.74. The molecule has 0 aliphatic carbocycles.